The zero-order valence-corrected chi connectivity index (χ0v) is 15.0. The van der Waals surface area contributed by atoms with E-state index in [4.69, 9.17) is 20.8 Å². The molecule has 0 N–H and O–H groups in total. The van der Waals surface area contributed by atoms with Crippen molar-refractivity contribution in [3.05, 3.63) is 47.2 Å². The summed E-state index contributed by atoms with van der Waals surface area (Å²) in [6.07, 6.45) is 8.33. The summed E-state index contributed by atoms with van der Waals surface area (Å²) in [6, 6.07) is 10.7. The minimum absolute atomic E-state index is 0.216. The lowest BCUT2D eigenvalue weighted by Gasteiger charge is -2.03. The minimum Gasteiger partial charge on any atom is -0.460 e. The molecule has 24 heavy (non-hydrogen) atoms. The zero-order valence-electron chi connectivity index (χ0n) is 14.2. The van der Waals surface area contributed by atoms with Crippen molar-refractivity contribution in [1.82, 2.24) is 0 Å². The van der Waals surface area contributed by atoms with Gasteiger partial charge in [0.1, 0.15) is 5.76 Å². The van der Waals surface area contributed by atoms with Crippen LogP contribution < -0.4 is 0 Å². The Morgan fingerprint density at radius 2 is 1.71 bits per heavy atom. The van der Waals surface area contributed by atoms with Gasteiger partial charge >= 0.3 is 5.97 Å². The molecule has 0 unspecified atom stereocenters. The highest BCUT2D eigenvalue weighted by Crippen LogP contribution is 2.29. The Morgan fingerprint density at radius 3 is 2.46 bits per heavy atom. The van der Waals surface area contributed by atoms with Crippen molar-refractivity contribution in [2.24, 2.45) is 0 Å². The summed E-state index contributed by atoms with van der Waals surface area (Å²) in [7, 11) is 0. The lowest BCUT2D eigenvalue weighted by atomic mass is 10.1. The molecular weight excluding hydrogens is 324 g/mol. The fraction of sp³-hybridized carbons (Fsp3) is 0.450. The van der Waals surface area contributed by atoms with E-state index in [1.807, 2.05) is 18.2 Å². The summed E-state index contributed by atoms with van der Waals surface area (Å²) < 4.78 is 10.8. The zero-order chi connectivity index (χ0) is 17.2. The number of hydrogen-bond acceptors (Lipinski definition) is 3. The lowest BCUT2D eigenvalue weighted by molar-refractivity contribution is 0.0462. The predicted octanol–water partition coefficient (Wildman–Crippen LogP) is 6.51. The van der Waals surface area contributed by atoms with Gasteiger partial charge in [0.05, 0.1) is 11.6 Å². The Balaban J connectivity index is 1.73. The summed E-state index contributed by atoms with van der Waals surface area (Å²) in [5, 5.41) is 0.592. The first-order chi connectivity index (χ1) is 11.7. The van der Waals surface area contributed by atoms with E-state index < -0.39 is 5.97 Å². The van der Waals surface area contributed by atoms with Crippen molar-refractivity contribution in [3.8, 4) is 11.3 Å². The van der Waals surface area contributed by atoms with Crippen LogP contribution in [0, 0.1) is 0 Å². The quantitative estimate of drug-likeness (QED) is 0.363. The van der Waals surface area contributed by atoms with E-state index in [0.717, 1.165) is 18.4 Å². The molecule has 0 fully saturated rings. The predicted molar refractivity (Wildman–Crippen MR) is 97.4 cm³/mol. The lowest BCUT2D eigenvalue weighted by Crippen LogP contribution is -2.05. The standard InChI is InChI=1S/C20H25ClO3/c1-2-3-4-5-6-7-10-15-23-20(22)19-14-13-18(24-19)16-11-8-9-12-17(16)21/h8-9,11-14H,2-7,10,15H2,1H3. The molecule has 0 saturated heterocycles. The molecule has 0 amide bonds. The molecule has 1 aromatic heterocycles. The average Bonchev–Trinajstić information content (AvgIpc) is 3.07. The van der Waals surface area contributed by atoms with Gasteiger partial charge in [0.2, 0.25) is 5.76 Å². The van der Waals surface area contributed by atoms with Crippen LogP contribution in [0.2, 0.25) is 5.02 Å². The number of hydrogen-bond donors (Lipinski definition) is 0. The number of ether oxygens (including phenoxy) is 1. The van der Waals surface area contributed by atoms with Crippen LogP contribution in [0.3, 0.4) is 0 Å². The maximum Gasteiger partial charge on any atom is 0.374 e. The van der Waals surface area contributed by atoms with E-state index in [-0.39, 0.29) is 5.76 Å². The molecule has 2 aromatic rings. The number of rotatable bonds is 10. The van der Waals surface area contributed by atoms with Gasteiger partial charge in [-0.15, -0.1) is 0 Å². The highest BCUT2D eigenvalue weighted by molar-refractivity contribution is 6.33. The van der Waals surface area contributed by atoms with E-state index in [0.29, 0.717) is 17.4 Å². The Morgan fingerprint density at radius 1 is 1.00 bits per heavy atom. The van der Waals surface area contributed by atoms with E-state index in [1.54, 1.807) is 18.2 Å². The molecule has 1 heterocycles. The highest BCUT2D eigenvalue weighted by Gasteiger charge is 2.14. The second kappa shape index (κ2) is 10.2. The number of esters is 1. The maximum absolute atomic E-state index is 12.0. The van der Waals surface area contributed by atoms with Crippen molar-refractivity contribution < 1.29 is 13.9 Å². The number of carbonyl (C=O) groups excluding carboxylic acids is 1. The Hall–Kier alpha value is -1.74. The third kappa shape index (κ3) is 5.72. The summed E-state index contributed by atoms with van der Waals surface area (Å²) in [4.78, 5) is 12.0. The number of unbranched alkanes of at least 4 members (excludes halogenated alkanes) is 6. The minimum atomic E-state index is -0.417. The number of furan rings is 1. The SMILES string of the molecule is CCCCCCCCCOC(=O)c1ccc(-c2ccccc2Cl)o1. The largest absolute Gasteiger partial charge is 0.460 e. The van der Waals surface area contributed by atoms with Crippen molar-refractivity contribution in [3.63, 3.8) is 0 Å². The first-order valence-electron chi connectivity index (χ1n) is 8.74. The van der Waals surface area contributed by atoms with E-state index >= 15 is 0 Å². The molecule has 0 atom stereocenters. The molecular formula is C20H25ClO3. The molecule has 0 spiro atoms. The fourth-order valence-corrected chi connectivity index (χ4v) is 2.78. The van der Waals surface area contributed by atoms with Crippen LogP contribution in [0.1, 0.15) is 62.4 Å². The fourth-order valence-electron chi connectivity index (χ4n) is 2.55. The van der Waals surface area contributed by atoms with Gasteiger partial charge < -0.3 is 9.15 Å². The Labute approximate surface area is 149 Å². The highest BCUT2D eigenvalue weighted by atomic mass is 35.5. The van der Waals surface area contributed by atoms with E-state index in [9.17, 15) is 4.79 Å². The Bertz CT molecular complexity index is 633. The molecule has 0 bridgehead atoms. The van der Waals surface area contributed by atoms with Crippen molar-refractivity contribution in [1.29, 1.82) is 0 Å². The van der Waals surface area contributed by atoms with Gasteiger partial charge in [-0.25, -0.2) is 4.79 Å². The van der Waals surface area contributed by atoms with Gasteiger partial charge in [-0.2, -0.15) is 0 Å². The normalized spacial score (nSPS) is 10.8. The van der Waals surface area contributed by atoms with Crippen molar-refractivity contribution >= 4 is 17.6 Å². The molecule has 3 nitrogen and oxygen atoms in total. The summed E-state index contributed by atoms with van der Waals surface area (Å²) in [6.45, 7) is 2.65. The van der Waals surface area contributed by atoms with Gasteiger partial charge in [0.25, 0.3) is 0 Å². The number of benzene rings is 1. The van der Waals surface area contributed by atoms with Gasteiger partial charge in [-0.05, 0) is 30.7 Å². The molecule has 0 aliphatic carbocycles. The maximum atomic E-state index is 12.0. The van der Waals surface area contributed by atoms with E-state index in [1.165, 1.54) is 32.1 Å². The molecule has 1 aromatic carbocycles. The average molecular weight is 349 g/mol. The number of carbonyl (C=O) groups is 1. The van der Waals surface area contributed by atoms with Crippen LogP contribution in [0.25, 0.3) is 11.3 Å². The summed E-state index contributed by atoms with van der Waals surface area (Å²) in [5.74, 6) is 0.371. The smallest absolute Gasteiger partial charge is 0.374 e. The molecule has 0 saturated carbocycles. The summed E-state index contributed by atoms with van der Waals surface area (Å²) >= 11 is 6.14. The third-order valence-electron chi connectivity index (χ3n) is 3.93. The monoisotopic (exact) mass is 348 g/mol. The van der Waals surface area contributed by atoms with Crippen LogP contribution in [-0.2, 0) is 4.74 Å². The van der Waals surface area contributed by atoms with Gasteiger partial charge in [0.15, 0.2) is 0 Å². The summed E-state index contributed by atoms with van der Waals surface area (Å²) in [5.41, 5.74) is 0.769. The van der Waals surface area contributed by atoms with E-state index in [2.05, 4.69) is 6.92 Å². The van der Waals surface area contributed by atoms with Gasteiger partial charge in [-0.3, -0.25) is 0 Å². The van der Waals surface area contributed by atoms with Crippen LogP contribution in [0.4, 0.5) is 0 Å². The van der Waals surface area contributed by atoms with Gasteiger partial charge in [0, 0.05) is 5.56 Å². The van der Waals surface area contributed by atoms with Crippen LogP contribution in [-0.4, -0.2) is 12.6 Å². The molecule has 4 heteroatoms. The molecule has 0 radical (unpaired) electrons. The van der Waals surface area contributed by atoms with Crippen molar-refractivity contribution in [2.45, 2.75) is 51.9 Å². The molecule has 0 aliphatic rings. The van der Waals surface area contributed by atoms with Crippen molar-refractivity contribution in [2.75, 3.05) is 6.61 Å². The Kier molecular flexibility index (Phi) is 7.90. The third-order valence-corrected chi connectivity index (χ3v) is 4.26. The topological polar surface area (TPSA) is 39.4 Å². The van der Waals surface area contributed by atoms with Gasteiger partial charge in [-0.1, -0.05) is 69.2 Å². The first-order valence-corrected chi connectivity index (χ1v) is 9.12. The first kappa shape index (κ1) is 18.6. The van der Waals surface area contributed by atoms with Crippen LogP contribution in [0.15, 0.2) is 40.8 Å². The molecule has 130 valence electrons. The second-order valence-electron chi connectivity index (χ2n) is 5.90. The molecule has 2 rings (SSSR count). The van der Waals surface area contributed by atoms with Crippen LogP contribution >= 0.6 is 11.6 Å². The second-order valence-corrected chi connectivity index (χ2v) is 6.31. The molecule has 0 aliphatic heterocycles. The number of halogens is 1. The van der Waals surface area contributed by atoms with Crippen LogP contribution in [0.5, 0.6) is 0 Å².